The second-order valence-corrected chi connectivity index (χ2v) is 8.78. The standard InChI is InChI=1S/C23H22ClN7O2/c24-16-9-13(4-5-15(16)22-26-12-27-29-22)23-28-17-10-14(30-6-1-3-18(30)21(25)32)11-19-20(17)31(23)7-2-8-33-19/h4-5,9-12,18H,1-3,6-8H2,(H2,25,32)(H,26,27,29)/t18-/m0/s1. The first-order valence-corrected chi connectivity index (χ1v) is 11.4. The average molecular weight is 464 g/mol. The number of benzene rings is 2. The Bertz CT molecular complexity index is 1370. The Morgan fingerprint density at radius 1 is 1.21 bits per heavy atom. The topological polar surface area (TPSA) is 115 Å². The fourth-order valence-electron chi connectivity index (χ4n) is 4.88. The van der Waals surface area contributed by atoms with Crippen LogP contribution in [0, 0.1) is 0 Å². The lowest BCUT2D eigenvalue weighted by Gasteiger charge is -2.25. The van der Waals surface area contributed by atoms with Crippen LogP contribution in [0.5, 0.6) is 5.75 Å². The number of H-pyrrole nitrogens is 1. The Hall–Kier alpha value is -3.59. The van der Waals surface area contributed by atoms with E-state index in [0.717, 1.165) is 71.8 Å². The second-order valence-electron chi connectivity index (χ2n) is 8.37. The molecule has 0 radical (unpaired) electrons. The Balaban J connectivity index is 1.48. The lowest BCUT2D eigenvalue weighted by molar-refractivity contribution is -0.119. The maximum absolute atomic E-state index is 12.0. The van der Waals surface area contributed by atoms with Crippen molar-refractivity contribution in [3.63, 3.8) is 0 Å². The number of carbonyl (C=O) groups is 1. The van der Waals surface area contributed by atoms with Crippen LogP contribution in [0.15, 0.2) is 36.7 Å². The van der Waals surface area contributed by atoms with E-state index in [1.54, 1.807) is 0 Å². The SMILES string of the molecule is NC(=O)[C@@H]1CCCN1c1cc2c3c(c1)nc(-c1ccc(-c4nc[nH]n4)c(Cl)c1)n3CCCO2. The number of carbonyl (C=O) groups excluding carboxylic acids is 1. The summed E-state index contributed by atoms with van der Waals surface area (Å²) in [6, 6.07) is 9.53. The van der Waals surface area contributed by atoms with Crippen LogP contribution in [-0.4, -0.2) is 49.8 Å². The van der Waals surface area contributed by atoms with E-state index in [1.165, 1.54) is 6.33 Å². The van der Waals surface area contributed by atoms with Crippen molar-refractivity contribution >= 4 is 34.2 Å². The third-order valence-corrected chi connectivity index (χ3v) is 6.68. The van der Waals surface area contributed by atoms with Crippen molar-refractivity contribution in [1.29, 1.82) is 0 Å². The first-order valence-electron chi connectivity index (χ1n) is 11.0. The van der Waals surface area contributed by atoms with Gasteiger partial charge in [-0.1, -0.05) is 17.7 Å². The van der Waals surface area contributed by atoms with E-state index in [4.69, 9.17) is 27.1 Å². The summed E-state index contributed by atoms with van der Waals surface area (Å²) in [5, 5.41) is 7.39. The zero-order chi connectivity index (χ0) is 22.5. The summed E-state index contributed by atoms with van der Waals surface area (Å²) in [5.74, 6) is 1.85. The molecule has 0 bridgehead atoms. The van der Waals surface area contributed by atoms with E-state index < -0.39 is 0 Å². The molecule has 0 unspecified atom stereocenters. The van der Waals surface area contributed by atoms with Gasteiger partial charge in [0.05, 0.1) is 17.1 Å². The highest BCUT2D eigenvalue weighted by molar-refractivity contribution is 6.33. The number of ether oxygens (including phenoxy) is 1. The van der Waals surface area contributed by atoms with Gasteiger partial charge in [0, 0.05) is 36.0 Å². The van der Waals surface area contributed by atoms with Gasteiger partial charge in [-0.2, -0.15) is 5.10 Å². The van der Waals surface area contributed by atoms with Gasteiger partial charge >= 0.3 is 0 Å². The van der Waals surface area contributed by atoms with E-state index in [2.05, 4.69) is 24.6 Å². The van der Waals surface area contributed by atoms with Gasteiger partial charge in [0.25, 0.3) is 0 Å². The monoisotopic (exact) mass is 463 g/mol. The molecule has 4 heterocycles. The lowest BCUT2D eigenvalue weighted by atomic mass is 10.1. The Morgan fingerprint density at radius 2 is 2.12 bits per heavy atom. The van der Waals surface area contributed by atoms with Crippen molar-refractivity contribution in [3.8, 4) is 28.5 Å². The molecular formula is C23H22ClN7O2. The Kier molecular flexibility index (Phi) is 4.72. The molecule has 0 spiro atoms. The molecule has 9 nitrogen and oxygen atoms in total. The van der Waals surface area contributed by atoms with Crippen molar-refractivity contribution in [1.82, 2.24) is 24.7 Å². The molecule has 0 aliphatic carbocycles. The summed E-state index contributed by atoms with van der Waals surface area (Å²) in [6.07, 6.45) is 4.08. The van der Waals surface area contributed by atoms with Crippen molar-refractivity contribution in [2.75, 3.05) is 18.1 Å². The lowest BCUT2D eigenvalue weighted by Crippen LogP contribution is -2.40. The molecule has 2 aliphatic rings. The van der Waals surface area contributed by atoms with Crippen LogP contribution in [0.3, 0.4) is 0 Å². The summed E-state index contributed by atoms with van der Waals surface area (Å²) in [4.78, 5) is 23.2. The van der Waals surface area contributed by atoms with Crippen molar-refractivity contribution in [2.24, 2.45) is 5.73 Å². The van der Waals surface area contributed by atoms with E-state index >= 15 is 0 Å². The zero-order valence-electron chi connectivity index (χ0n) is 17.8. The number of nitrogens with two attached hydrogens (primary N) is 1. The summed E-state index contributed by atoms with van der Waals surface area (Å²) in [7, 11) is 0. The molecule has 4 aromatic rings. The van der Waals surface area contributed by atoms with Crippen LogP contribution in [0.4, 0.5) is 5.69 Å². The fourth-order valence-corrected chi connectivity index (χ4v) is 5.15. The molecule has 168 valence electrons. The number of hydrogen-bond donors (Lipinski definition) is 2. The maximum atomic E-state index is 12.0. The van der Waals surface area contributed by atoms with Gasteiger partial charge in [-0.05, 0) is 37.5 Å². The number of hydrogen-bond acceptors (Lipinski definition) is 6. The van der Waals surface area contributed by atoms with Gasteiger partial charge < -0.3 is 19.9 Å². The molecule has 2 aromatic carbocycles. The number of nitrogens with one attached hydrogen (secondary N) is 1. The van der Waals surface area contributed by atoms with E-state index in [0.29, 0.717) is 17.5 Å². The van der Waals surface area contributed by atoms with E-state index in [9.17, 15) is 4.79 Å². The van der Waals surface area contributed by atoms with Crippen molar-refractivity contribution in [2.45, 2.75) is 31.8 Å². The Morgan fingerprint density at radius 3 is 2.91 bits per heavy atom. The molecule has 1 amide bonds. The summed E-state index contributed by atoms with van der Waals surface area (Å²) in [6.45, 7) is 2.18. The van der Waals surface area contributed by atoms with Gasteiger partial charge in [0.1, 0.15) is 29.5 Å². The van der Waals surface area contributed by atoms with Crippen molar-refractivity contribution in [3.05, 3.63) is 41.7 Å². The maximum Gasteiger partial charge on any atom is 0.240 e. The number of nitrogens with zero attached hydrogens (tertiary/aromatic N) is 5. The third-order valence-electron chi connectivity index (χ3n) is 6.37. The molecule has 1 fully saturated rings. The number of imidazole rings is 1. The molecule has 2 aromatic heterocycles. The Labute approximate surface area is 194 Å². The predicted molar refractivity (Wildman–Crippen MR) is 125 cm³/mol. The normalized spacial score (nSPS) is 17.8. The van der Waals surface area contributed by atoms with Crippen LogP contribution in [-0.2, 0) is 11.3 Å². The van der Waals surface area contributed by atoms with Crippen LogP contribution in [0.2, 0.25) is 5.02 Å². The van der Waals surface area contributed by atoms with Gasteiger partial charge in [0.15, 0.2) is 5.82 Å². The molecule has 0 saturated carbocycles. The summed E-state index contributed by atoms with van der Waals surface area (Å²) < 4.78 is 8.30. The van der Waals surface area contributed by atoms with E-state index in [-0.39, 0.29) is 11.9 Å². The van der Waals surface area contributed by atoms with Gasteiger partial charge in [0.2, 0.25) is 5.91 Å². The molecular weight excluding hydrogens is 442 g/mol. The number of amides is 1. The highest BCUT2D eigenvalue weighted by atomic mass is 35.5. The van der Waals surface area contributed by atoms with Crippen LogP contribution < -0.4 is 15.4 Å². The van der Waals surface area contributed by atoms with Gasteiger partial charge in [-0.3, -0.25) is 9.89 Å². The number of aryl methyl sites for hydroxylation is 1. The minimum absolute atomic E-state index is 0.299. The fraction of sp³-hybridized carbons (Fsp3) is 0.304. The van der Waals surface area contributed by atoms with Gasteiger partial charge in [-0.25, -0.2) is 9.97 Å². The van der Waals surface area contributed by atoms with Crippen LogP contribution in [0.25, 0.3) is 33.8 Å². The molecule has 1 atom stereocenters. The molecule has 6 rings (SSSR count). The molecule has 3 N–H and O–H groups in total. The minimum Gasteiger partial charge on any atom is -0.491 e. The smallest absolute Gasteiger partial charge is 0.240 e. The largest absolute Gasteiger partial charge is 0.491 e. The number of aromatic amines is 1. The molecule has 2 aliphatic heterocycles. The predicted octanol–water partition coefficient (Wildman–Crippen LogP) is 3.38. The molecule has 10 heteroatoms. The average Bonchev–Trinajstić information content (AvgIpc) is 3.53. The summed E-state index contributed by atoms with van der Waals surface area (Å²) >= 11 is 6.59. The highest BCUT2D eigenvalue weighted by Crippen LogP contribution is 2.39. The zero-order valence-corrected chi connectivity index (χ0v) is 18.5. The minimum atomic E-state index is -0.302. The summed E-state index contributed by atoms with van der Waals surface area (Å²) in [5.41, 5.74) is 10.0. The number of aromatic nitrogens is 5. The molecule has 1 saturated heterocycles. The van der Waals surface area contributed by atoms with E-state index in [1.807, 2.05) is 30.3 Å². The highest BCUT2D eigenvalue weighted by Gasteiger charge is 2.31. The van der Waals surface area contributed by atoms with Crippen LogP contribution in [0.1, 0.15) is 19.3 Å². The third kappa shape index (κ3) is 3.31. The molecule has 33 heavy (non-hydrogen) atoms. The van der Waals surface area contributed by atoms with Crippen LogP contribution >= 0.6 is 11.6 Å². The van der Waals surface area contributed by atoms with Crippen molar-refractivity contribution < 1.29 is 9.53 Å². The number of halogens is 1. The first-order chi connectivity index (χ1) is 16.1. The second kappa shape index (κ2) is 7.77. The number of rotatable bonds is 4. The first kappa shape index (κ1) is 20.0. The van der Waals surface area contributed by atoms with Gasteiger partial charge in [-0.15, -0.1) is 0 Å². The number of primary amides is 1. The number of anilines is 1. The quantitative estimate of drug-likeness (QED) is 0.479.